The number of hydrogen-bond acceptors (Lipinski definition) is 4. The van der Waals surface area contributed by atoms with E-state index >= 15 is 0 Å². The number of halogens is 3. The fraction of sp³-hybridized carbons (Fsp3) is 0.0645. The molecule has 0 bridgehead atoms. The molecule has 0 aliphatic rings. The Morgan fingerprint density at radius 3 is 2.32 bits per heavy atom. The molecule has 10 heteroatoms. The van der Waals surface area contributed by atoms with Crippen molar-refractivity contribution in [2.75, 3.05) is 16.4 Å². The van der Waals surface area contributed by atoms with Gasteiger partial charge >= 0.3 is 0 Å². The topological polar surface area (TPSA) is 87.3 Å². The molecule has 0 spiro atoms. The predicted octanol–water partition coefficient (Wildman–Crippen LogP) is 8.10. The summed E-state index contributed by atoms with van der Waals surface area (Å²) < 4.78 is 0. The lowest BCUT2D eigenvalue weighted by Gasteiger charge is -2.13. The molecule has 0 fully saturated rings. The van der Waals surface area contributed by atoms with Gasteiger partial charge in [-0.1, -0.05) is 71.2 Å². The van der Waals surface area contributed by atoms with E-state index in [9.17, 15) is 14.4 Å². The Labute approximate surface area is 257 Å². The zero-order chi connectivity index (χ0) is 29.4. The molecule has 208 valence electrons. The summed E-state index contributed by atoms with van der Waals surface area (Å²) in [5.74, 6) is -1.06. The summed E-state index contributed by atoms with van der Waals surface area (Å²) in [4.78, 5) is 39.5. The molecule has 0 heterocycles. The minimum absolute atomic E-state index is 0.0163. The van der Waals surface area contributed by atoms with Crippen molar-refractivity contribution in [3.63, 3.8) is 0 Å². The van der Waals surface area contributed by atoms with Crippen LogP contribution in [0.5, 0.6) is 0 Å². The number of rotatable bonds is 9. The Hall–Kier alpha value is -3.75. The maximum atomic E-state index is 13.4. The van der Waals surface area contributed by atoms with Gasteiger partial charge in [0.2, 0.25) is 5.91 Å². The van der Waals surface area contributed by atoms with Crippen LogP contribution in [-0.2, 0) is 9.59 Å². The highest BCUT2D eigenvalue weighted by Crippen LogP contribution is 2.26. The molecular weight excluding hydrogens is 601 g/mol. The van der Waals surface area contributed by atoms with Gasteiger partial charge in [-0.25, -0.2) is 0 Å². The van der Waals surface area contributed by atoms with Crippen molar-refractivity contribution in [3.05, 3.63) is 128 Å². The number of amides is 3. The summed E-state index contributed by atoms with van der Waals surface area (Å²) in [6.07, 6.45) is 1.48. The largest absolute Gasteiger partial charge is 0.325 e. The summed E-state index contributed by atoms with van der Waals surface area (Å²) in [6.45, 7) is 1.84. The zero-order valence-electron chi connectivity index (χ0n) is 21.7. The predicted molar refractivity (Wildman–Crippen MR) is 169 cm³/mol. The lowest BCUT2D eigenvalue weighted by Crippen LogP contribution is -2.30. The highest BCUT2D eigenvalue weighted by molar-refractivity contribution is 8.00. The summed E-state index contributed by atoms with van der Waals surface area (Å²) in [7, 11) is 0. The van der Waals surface area contributed by atoms with Crippen LogP contribution in [0.25, 0.3) is 6.08 Å². The Bertz CT molecular complexity index is 1630. The molecule has 0 aliphatic carbocycles. The van der Waals surface area contributed by atoms with Crippen molar-refractivity contribution in [1.82, 2.24) is 5.32 Å². The molecule has 0 saturated carbocycles. The third kappa shape index (κ3) is 8.62. The smallest absolute Gasteiger partial charge is 0.272 e. The SMILES string of the molecule is Cc1c(Cl)cccc1NC(=O)CSc1cccc(NC(=O)/C(=C\c2ccc(Cl)cc2Cl)NC(=O)c2ccccc2)c1. The quantitative estimate of drug-likeness (QED) is 0.130. The van der Waals surface area contributed by atoms with Crippen molar-refractivity contribution < 1.29 is 14.4 Å². The average Bonchev–Trinajstić information content (AvgIpc) is 2.96. The molecule has 4 rings (SSSR count). The second-order valence-corrected chi connectivity index (χ2v) is 11.1. The van der Waals surface area contributed by atoms with E-state index in [1.165, 1.54) is 17.8 Å². The van der Waals surface area contributed by atoms with Crippen LogP contribution in [0.1, 0.15) is 21.5 Å². The van der Waals surface area contributed by atoms with Crippen LogP contribution in [0.4, 0.5) is 11.4 Å². The number of hydrogen-bond donors (Lipinski definition) is 3. The maximum Gasteiger partial charge on any atom is 0.272 e. The van der Waals surface area contributed by atoms with Crippen molar-refractivity contribution in [2.45, 2.75) is 11.8 Å². The van der Waals surface area contributed by atoms with Crippen molar-refractivity contribution in [1.29, 1.82) is 0 Å². The molecule has 3 amide bonds. The van der Waals surface area contributed by atoms with E-state index in [0.717, 1.165) is 10.5 Å². The van der Waals surface area contributed by atoms with Crippen LogP contribution in [0.15, 0.2) is 102 Å². The lowest BCUT2D eigenvalue weighted by atomic mass is 10.1. The first-order valence-electron chi connectivity index (χ1n) is 12.3. The van der Waals surface area contributed by atoms with Crippen molar-refractivity contribution >= 4 is 81.7 Å². The van der Waals surface area contributed by atoms with Gasteiger partial charge in [-0.3, -0.25) is 14.4 Å². The Balaban J connectivity index is 1.48. The molecule has 0 unspecified atom stereocenters. The lowest BCUT2D eigenvalue weighted by molar-refractivity contribution is -0.114. The highest BCUT2D eigenvalue weighted by Gasteiger charge is 2.16. The Morgan fingerprint density at radius 2 is 1.56 bits per heavy atom. The number of carbonyl (C=O) groups excluding carboxylic acids is 3. The highest BCUT2D eigenvalue weighted by atomic mass is 35.5. The molecule has 4 aromatic carbocycles. The van der Waals surface area contributed by atoms with Gasteiger partial charge in [0, 0.05) is 36.9 Å². The second kappa shape index (κ2) is 14.2. The number of carbonyl (C=O) groups is 3. The number of thioether (sulfide) groups is 1. The number of anilines is 2. The van der Waals surface area contributed by atoms with E-state index in [1.54, 1.807) is 84.9 Å². The van der Waals surface area contributed by atoms with E-state index < -0.39 is 11.8 Å². The van der Waals surface area contributed by atoms with Gasteiger partial charge in [0.25, 0.3) is 11.8 Å². The standard InChI is InChI=1S/C31H24Cl3N3O3S/c1-19-25(33)11-6-12-27(19)36-29(38)18-41-24-10-5-9-23(17-24)35-31(40)28(15-21-13-14-22(32)16-26(21)34)37-30(39)20-7-3-2-4-8-20/h2-17H,18H2,1H3,(H,35,40)(H,36,38)(H,37,39)/b28-15+. The van der Waals surface area contributed by atoms with E-state index in [4.69, 9.17) is 34.8 Å². The van der Waals surface area contributed by atoms with Gasteiger partial charge in [0.1, 0.15) is 5.70 Å². The van der Waals surface area contributed by atoms with Gasteiger partial charge in [-0.05, 0) is 78.7 Å². The molecule has 41 heavy (non-hydrogen) atoms. The summed E-state index contributed by atoms with van der Waals surface area (Å²) >= 11 is 19.8. The minimum atomic E-state index is -0.559. The van der Waals surface area contributed by atoms with Crippen molar-refractivity contribution in [3.8, 4) is 0 Å². The molecule has 0 atom stereocenters. The third-order valence-electron chi connectivity index (χ3n) is 5.79. The molecule has 4 aromatic rings. The van der Waals surface area contributed by atoms with Crippen LogP contribution < -0.4 is 16.0 Å². The summed E-state index contributed by atoms with van der Waals surface area (Å²) in [5.41, 5.74) is 2.80. The Morgan fingerprint density at radius 1 is 0.805 bits per heavy atom. The first kappa shape index (κ1) is 30.2. The average molecular weight is 625 g/mol. The summed E-state index contributed by atoms with van der Waals surface area (Å²) in [6, 6.07) is 25.8. The van der Waals surface area contributed by atoms with Gasteiger partial charge < -0.3 is 16.0 Å². The van der Waals surface area contributed by atoms with Crippen molar-refractivity contribution in [2.24, 2.45) is 0 Å². The van der Waals surface area contributed by atoms with Crippen LogP contribution in [0, 0.1) is 6.92 Å². The maximum absolute atomic E-state index is 13.4. The van der Waals surface area contributed by atoms with E-state index in [0.29, 0.717) is 37.6 Å². The molecule has 0 aromatic heterocycles. The fourth-order valence-electron chi connectivity index (χ4n) is 3.66. The normalized spacial score (nSPS) is 11.1. The van der Waals surface area contributed by atoms with Gasteiger partial charge in [-0.2, -0.15) is 0 Å². The van der Waals surface area contributed by atoms with Gasteiger partial charge in [0.15, 0.2) is 0 Å². The molecule has 6 nitrogen and oxygen atoms in total. The van der Waals surface area contributed by atoms with E-state index in [-0.39, 0.29) is 17.4 Å². The Kier molecular flexibility index (Phi) is 10.5. The number of nitrogens with one attached hydrogen (secondary N) is 3. The fourth-order valence-corrected chi connectivity index (χ4v) is 5.05. The minimum Gasteiger partial charge on any atom is -0.325 e. The van der Waals surface area contributed by atoms with Gasteiger partial charge in [0.05, 0.1) is 5.75 Å². The molecule has 3 N–H and O–H groups in total. The molecule has 0 saturated heterocycles. The van der Waals surface area contributed by atoms with Gasteiger partial charge in [-0.15, -0.1) is 11.8 Å². The third-order valence-corrected chi connectivity index (χ3v) is 7.76. The monoisotopic (exact) mass is 623 g/mol. The van der Waals surface area contributed by atoms with Crippen LogP contribution >= 0.6 is 46.6 Å². The molecule has 0 radical (unpaired) electrons. The first-order valence-corrected chi connectivity index (χ1v) is 14.4. The molecular formula is C31H24Cl3N3O3S. The van der Waals surface area contributed by atoms with Crippen LogP contribution in [-0.4, -0.2) is 23.5 Å². The second-order valence-electron chi connectivity index (χ2n) is 8.78. The van der Waals surface area contributed by atoms with E-state index in [2.05, 4.69) is 16.0 Å². The van der Waals surface area contributed by atoms with Crippen LogP contribution in [0.3, 0.4) is 0 Å². The molecule has 0 aliphatic heterocycles. The number of benzene rings is 4. The first-order chi connectivity index (χ1) is 19.7. The van der Waals surface area contributed by atoms with Crippen LogP contribution in [0.2, 0.25) is 15.1 Å². The van der Waals surface area contributed by atoms with E-state index in [1.807, 2.05) is 13.0 Å². The zero-order valence-corrected chi connectivity index (χ0v) is 24.8. The summed E-state index contributed by atoms with van der Waals surface area (Å²) in [5, 5.41) is 9.70.